The van der Waals surface area contributed by atoms with E-state index in [4.69, 9.17) is 9.73 Å². The van der Waals surface area contributed by atoms with Gasteiger partial charge in [0.2, 0.25) is 0 Å². The van der Waals surface area contributed by atoms with Gasteiger partial charge < -0.3 is 15.4 Å². The number of hydrogen-bond donors (Lipinski definition) is 2. The van der Waals surface area contributed by atoms with E-state index in [0.717, 1.165) is 51.9 Å². The first-order valence-corrected chi connectivity index (χ1v) is 9.84. The molecule has 1 aliphatic rings. The van der Waals surface area contributed by atoms with Crippen molar-refractivity contribution in [1.29, 1.82) is 0 Å². The highest BCUT2D eigenvalue weighted by atomic mass is 32.1. The van der Waals surface area contributed by atoms with Gasteiger partial charge in [-0.25, -0.2) is 0 Å². The average molecular weight is 353 g/mol. The average Bonchev–Trinajstić information content (AvgIpc) is 3.12. The zero-order valence-corrected chi connectivity index (χ0v) is 16.3. The Bertz CT molecular complexity index is 495. The molecule has 0 saturated carbocycles. The number of thiophene rings is 1. The van der Waals surface area contributed by atoms with Gasteiger partial charge >= 0.3 is 0 Å². The minimum absolute atomic E-state index is 0.0467. The summed E-state index contributed by atoms with van der Waals surface area (Å²) in [7, 11) is 0. The lowest BCUT2D eigenvalue weighted by Crippen LogP contribution is -2.52. The second-order valence-electron chi connectivity index (χ2n) is 6.95. The molecule has 0 aliphatic carbocycles. The summed E-state index contributed by atoms with van der Waals surface area (Å²) in [5.74, 6) is 1.38. The molecule has 1 aromatic heterocycles. The van der Waals surface area contributed by atoms with Crippen LogP contribution in [0.1, 0.15) is 39.2 Å². The fourth-order valence-corrected chi connectivity index (χ4v) is 3.59. The van der Waals surface area contributed by atoms with E-state index in [2.05, 4.69) is 60.1 Å². The maximum Gasteiger partial charge on any atom is 0.191 e. The summed E-state index contributed by atoms with van der Waals surface area (Å²) in [4.78, 5) is 7.30. The molecule has 136 valence electrons. The van der Waals surface area contributed by atoms with Crippen molar-refractivity contribution < 1.29 is 4.74 Å². The van der Waals surface area contributed by atoms with Crippen LogP contribution in [-0.2, 0) is 4.74 Å². The van der Waals surface area contributed by atoms with Crippen LogP contribution in [0.3, 0.4) is 0 Å². The summed E-state index contributed by atoms with van der Waals surface area (Å²) in [6.45, 7) is 15.0. The van der Waals surface area contributed by atoms with Crippen LogP contribution in [-0.4, -0.2) is 62.3 Å². The Morgan fingerprint density at radius 2 is 2.12 bits per heavy atom. The highest BCUT2D eigenvalue weighted by molar-refractivity contribution is 7.07. The Hall–Kier alpha value is -1.11. The van der Waals surface area contributed by atoms with Crippen molar-refractivity contribution in [3.63, 3.8) is 0 Å². The van der Waals surface area contributed by atoms with E-state index >= 15 is 0 Å². The third kappa shape index (κ3) is 5.76. The summed E-state index contributed by atoms with van der Waals surface area (Å²) in [5, 5.41) is 11.2. The fourth-order valence-electron chi connectivity index (χ4n) is 2.81. The van der Waals surface area contributed by atoms with Crippen LogP contribution in [0.15, 0.2) is 21.8 Å². The number of guanidine groups is 1. The van der Waals surface area contributed by atoms with Gasteiger partial charge in [-0.3, -0.25) is 9.89 Å². The number of nitrogens with zero attached hydrogens (tertiary/aromatic N) is 2. The third-order valence-electron chi connectivity index (χ3n) is 4.52. The topological polar surface area (TPSA) is 48.9 Å². The van der Waals surface area contributed by atoms with Gasteiger partial charge in [-0.05, 0) is 49.1 Å². The monoisotopic (exact) mass is 352 g/mol. The molecule has 0 amide bonds. The molecule has 5 nitrogen and oxygen atoms in total. The predicted octanol–water partition coefficient (Wildman–Crippen LogP) is 2.52. The summed E-state index contributed by atoms with van der Waals surface area (Å²) < 4.78 is 5.46. The highest BCUT2D eigenvalue weighted by Crippen LogP contribution is 2.18. The lowest BCUT2D eigenvalue weighted by Gasteiger charge is -2.39. The van der Waals surface area contributed by atoms with Crippen LogP contribution in [0.4, 0.5) is 0 Å². The van der Waals surface area contributed by atoms with Gasteiger partial charge in [0.1, 0.15) is 0 Å². The van der Waals surface area contributed by atoms with Gasteiger partial charge in [-0.15, -0.1) is 0 Å². The molecule has 2 heterocycles. The van der Waals surface area contributed by atoms with Gasteiger partial charge in [0.05, 0.1) is 19.8 Å². The van der Waals surface area contributed by atoms with Crippen LogP contribution in [0.5, 0.6) is 0 Å². The van der Waals surface area contributed by atoms with E-state index in [-0.39, 0.29) is 5.54 Å². The van der Waals surface area contributed by atoms with Gasteiger partial charge in [0.25, 0.3) is 0 Å². The number of nitrogens with one attached hydrogen (secondary N) is 2. The van der Waals surface area contributed by atoms with Crippen LogP contribution in [0.2, 0.25) is 0 Å². The summed E-state index contributed by atoms with van der Waals surface area (Å²) in [6, 6.07) is 2.20. The maximum atomic E-state index is 5.46. The minimum atomic E-state index is 0.0467. The van der Waals surface area contributed by atoms with E-state index in [1.807, 2.05) is 0 Å². The van der Waals surface area contributed by atoms with Crippen molar-refractivity contribution in [2.24, 2.45) is 4.99 Å². The van der Waals surface area contributed by atoms with Gasteiger partial charge in [-0.1, -0.05) is 6.92 Å². The molecule has 1 aliphatic heterocycles. The molecule has 1 fully saturated rings. The lowest BCUT2D eigenvalue weighted by atomic mass is 10.0. The molecule has 1 unspecified atom stereocenters. The maximum absolute atomic E-state index is 5.46. The summed E-state index contributed by atoms with van der Waals surface area (Å²) in [6.07, 6.45) is 0. The van der Waals surface area contributed by atoms with Crippen molar-refractivity contribution in [2.45, 2.75) is 39.2 Å². The van der Waals surface area contributed by atoms with E-state index in [1.54, 1.807) is 11.3 Å². The Labute approximate surface area is 150 Å². The van der Waals surface area contributed by atoms with E-state index in [9.17, 15) is 0 Å². The fraction of sp³-hybridized carbons (Fsp3) is 0.722. The molecule has 6 heteroatoms. The molecule has 0 spiro atoms. The number of aliphatic imine (C=N–C) groups is 1. The SMILES string of the molecule is CCNC(=NCC(C)(C)N1CCOCC1)NCC(C)c1ccsc1. The molecule has 1 saturated heterocycles. The van der Waals surface area contributed by atoms with Gasteiger partial charge in [0, 0.05) is 31.7 Å². The molecule has 2 N–H and O–H groups in total. The Morgan fingerprint density at radius 3 is 2.75 bits per heavy atom. The molecular weight excluding hydrogens is 320 g/mol. The lowest BCUT2D eigenvalue weighted by molar-refractivity contribution is -0.00683. The highest BCUT2D eigenvalue weighted by Gasteiger charge is 2.28. The van der Waals surface area contributed by atoms with E-state index in [1.165, 1.54) is 5.56 Å². The van der Waals surface area contributed by atoms with Crippen LogP contribution >= 0.6 is 11.3 Å². The van der Waals surface area contributed by atoms with E-state index < -0.39 is 0 Å². The summed E-state index contributed by atoms with van der Waals surface area (Å²) >= 11 is 1.75. The summed E-state index contributed by atoms with van der Waals surface area (Å²) in [5.41, 5.74) is 1.43. The number of ether oxygens (including phenoxy) is 1. The van der Waals surface area contributed by atoms with Crippen LogP contribution in [0, 0.1) is 0 Å². The van der Waals surface area contributed by atoms with Crippen molar-refractivity contribution in [1.82, 2.24) is 15.5 Å². The van der Waals surface area contributed by atoms with Crippen molar-refractivity contribution in [2.75, 3.05) is 45.9 Å². The molecule has 0 radical (unpaired) electrons. The molecule has 0 aromatic carbocycles. The Kier molecular flexibility index (Phi) is 7.52. The van der Waals surface area contributed by atoms with Crippen molar-refractivity contribution in [3.8, 4) is 0 Å². The third-order valence-corrected chi connectivity index (χ3v) is 5.22. The molecule has 24 heavy (non-hydrogen) atoms. The zero-order chi connectivity index (χ0) is 17.4. The molecular formula is C18H32N4OS. The molecule has 0 bridgehead atoms. The Balaban J connectivity index is 1.89. The first-order valence-electron chi connectivity index (χ1n) is 8.90. The van der Waals surface area contributed by atoms with Crippen LogP contribution in [0.25, 0.3) is 0 Å². The van der Waals surface area contributed by atoms with Crippen molar-refractivity contribution in [3.05, 3.63) is 22.4 Å². The molecule has 1 atom stereocenters. The standard InChI is InChI=1S/C18H32N4OS/c1-5-19-17(20-12-15(2)16-6-11-24-13-16)21-14-18(3,4)22-7-9-23-10-8-22/h6,11,13,15H,5,7-10,12,14H2,1-4H3,(H2,19,20,21). The van der Waals surface area contributed by atoms with Crippen LogP contribution < -0.4 is 10.6 Å². The largest absolute Gasteiger partial charge is 0.379 e. The first kappa shape index (κ1) is 19.2. The van der Waals surface area contributed by atoms with Crippen molar-refractivity contribution >= 4 is 17.3 Å². The number of morpholine rings is 1. The zero-order valence-electron chi connectivity index (χ0n) is 15.5. The normalized spacial score (nSPS) is 18.4. The predicted molar refractivity (Wildman–Crippen MR) is 103 cm³/mol. The van der Waals surface area contributed by atoms with Gasteiger partial charge in [0.15, 0.2) is 5.96 Å². The first-order chi connectivity index (χ1) is 11.5. The smallest absolute Gasteiger partial charge is 0.191 e. The Morgan fingerprint density at radius 1 is 1.38 bits per heavy atom. The van der Waals surface area contributed by atoms with Gasteiger partial charge in [-0.2, -0.15) is 11.3 Å². The molecule has 1 aromatic rings. The molecule has 2 rings (SSSR count). The second kappa shape index (κ2) is 9.39. The minimum Gasteiger partial charge on any atom is -0.379 e. The quantitative estimate of drug-likeness (QED) is 0.585. The second-order valence-corrected chi connectivity index (χ2v) is 7.73. The number of hydrogen-bond acceptors (Lipinski definition) is 4. The number of rotatable bonds is 7. The van der Waals surface area contributed by atoms with E-state index in [0.29, 0.717) is 5.92 Å².